The summed E-state index contributed by atoms with van der Waals surface area (Å²) in [5, 5.41) is 0. The van der Waals surface area contributed by atoms with Gasteiger partial charge in [-0.15, -0.1) is 0 Å². The molecule has 15 rings (SSSR count). The number of benzene rings is 7. The molecule has 0 N–H and O–H groups in total. The first-order valence-electron chi connectivity index (χ1n) is 31.8. The summed E-state index contributed by atoms with van der Waals surface area (Å²) < 4.78 is 0. The van der Waals surface area contributed by atoms with Gasteiger partial charge in [-0.2, -0.15) is 0 Å². The molecule has 0 bridgehead atoms. The van der Waals surface area contributed by atoms with Crippen molar-refractivity contribution >= 4 is 68.6 Å². The topological polar surface area (TPSA) is 9.72 Å². The van der Waals surface area contributed by atoms with Crippen molar-refractivity contribution in [3.05, 3.63) is 171 Å². The highest BCUT2D eigenvalue weighted by Gasteiger charge is 2.59. The molecule has 8 aliphatic rings. The van der Waals surface area contributed by atoms with Gasteiger partial charge in [-0.25, -0.2) is 0 Å². The minimum atomic E-state index is -0.169. The van der Waals surface area contributed by atoms with Crippen LogP contribution in [0.3, 0.4) is 0 Å². The smallest absolute Gasteiger partial charge is 0.252 e. The van der Waals surface area contributed by atoms with Gasteiger partial charge in [-0.3, -0.25) is 0 Å². The van der Waals surface area contributed by atoms with Crippen molar-refractivity contribution in [2.45, 2.75) is 230 Å². The van der Waals surface area contributed by atoms with Crippen LogP contribution in [-0.2, 0) is 48.7 Å². The van der Waals surface area contributed by atoms with E-state index in [-0.39, 0.29) is 61.0 Å². The molecule has 0 radical (unpaired) electrons. The van der Waals surface area contributed by atoms with E-state index in [9.17, 15) is 0 Å². The van der Waals surface area contributed by atoms with E-state index in [1.54, 1.807) is 0 Å². The zero-order chi connectivity index (χ0) is 57.8. The van der Waals surface area contributed by atoms with Crippen molar-refractivity contribution in [1.29, 1.82) is 0 Å². The molecule has 82 heavy (non-hydrogen) atoms. The zero-order valence-corrected chi connectivity index (χ0v) is 53.1. The van der Waals surface area contributed by atoms with E-state index >= 15 is 0 Å². The monoisotopic (exact) mass is 1080 g/mol. The number of hydrogen-bond acceptors (Lipinski definition) is 3. The third kappa shape index (κ3) is 6.90. The summed E-state index contributed by atoms with van der Waals surface area (Å²) in [6.45, 7) is 45.3. The third-order valence-electron chi connectivity index (χ3n) is 23.7. The molecule has 0 saturated heterocycles. The van der Waals surface area contributed by atoms with E-state index < -0.39 is 0 Å². The maximum Gasteiger partial charge on any atom is 0.252 e. The van der Waals surface area contributed by atoms with Crippen LogP contribution in [-0.4, -0.2) is 12.3 Å². The Balaban J connectivity index is 1.09. The van der Waals surface area contributed by atoms with Gasteiger partial charge in [0, 0.05) is 50.9 Å². The summed E-state index contributed by atoms with van der Waals surface area (Å²) in [5.41, 5.74) is 31.2. The zero-order valence-electron chi connectivity index (χ0n) is 53.1. The molecule has 7 aromatic rings. The van der Waals surface area contributed by atoms with Gasteiger partial charge in [0.25, 0.3) is 6.71 Å². The Bertz CT molecular complexity index is 3770. The molecule has 5 aliphatic carbocycles. The highest BCUT2D eigenvalue weighted by Crippen LogP contribution is 2.64. The first-order chi connectivity index (χ1) is 38.3. The van der Waals surface area contributed by atoms with Gasteiger partial charge in [-0.1, -0.05) is 191 Å². The molecule has 3 nitrogen and oxygen atoms in total. The predicted molar refractivity (Wildman–Crippen MR) is 351 cm³/mol. The van der Waals surface area contributed by atoms with E-state index in [0.717, 1.165) is 32.1 Å². The van der Waals surface area contributed by atoms with Gasteiger partial charge < -0.3 is 14.7 Å². The first kappa shape index (κ1) is 52.8. The quantitative estimate of drug-likeness (QED) is 0.163. The van der Waals surface area contributed by atoms with Crippen molar-refractivity contribution in [3.63, 3.8) is 0 Å². The van der Waals surface area contributed by atoms with E-state index in [1.807, 2.05) is 0 Å². The maximum absolute atomic E-state index is 2.88. The second kappa shape index (κ2) is 16.0. The van der Waals surface area contributed by atoms with Gasteiger partial charge >= 0.3 is 0 Å². The predicted octanol–water partition coefficient (Wildman–Crippen LogP) is 19.0. The molecule has 2 atom stereocenters. The number of fused-ring (bicyclic) bond motifs is 11. The lowest BCUT2D eigenvalue weighted by Gasteiger charge is -2.51. The summed E-state index contributed by atoms with van der Waals surface area (Å²) >= 11 is 0. The van der Waals surface area contributed by atoms with Crippen LogP contribution in [0.4, 0.5) is 45.5 Å². The lowest BCUT2D eigenvalue weighted by Crippen LogP contribution is -2.62. The molecular formula is C78H90BN3. The van der Waals surface area contributed by atoms with Crippen molar-refractivity contribution < 1.29 is 0 Å². The van der Waals surface area contributed by atoms with Crippen LogP contribution >= 0.6 is 0 Å². The summed E-state index contributed by atoms with van der Waals surface area (Å²) in [7, 11) is 0. The molecule has 7 aromatic carbocycles. The molecule has 3 aliphatic heterocycles. The minimum Gasteiger partial charge on any atom is -0.334 e. The highest BCUT2D eigenvalue weighted by atomic mass is 15.3. The van der Waals surface area contributed by atoms with Crippen LogP contribution in [0, 0.1) is 0 Å². The van der Waals surface area contributed by atoms with Crippen LogP contribution in [0.2, 0.25) is 0 Å². The van der Waals surface area contributed by atoms with E-state index in [0.29, 0.717) is 0 Å². The summed E-state index contributed by atoms with van der Waals surface area (Å²) in [6.07, 6.45) is 9.28. The largest absolute Gasteiger partial charge is 0.334 e. The Hall–Kier alpha value is -6.00. The molecule has 0 spiro atoms. The Labute approximate surface area is 493 Å². The fourth-order valence-corrected chi connectivity index (χ4v) is 20.8. The Morgan fingerprint density at radius 1 is 0.317 bits per heavy atom. The Kier molecular flexibility index (Phi) is 10.3. The van der Waals surface area contributed by atoms with Crippen molar-refractivity contribution in [3.8, 4) is 11.1 Å². The molecule has 3 heterocycles. The van der Waals surface area contributed by atoms with Crippen molar-refractivity contribution in [2.75, 3.05) is 14.7 Å². The summed E-state index contributed by atoms with van der Waals surface area (Å²) in [4.78, 5) is 8.48. The normalized spacial score (nSPS) is 25.6. The van der Waals surface area contributed by atoms with Gasteiger partial charge in [0.1, 0.15) is 0 Å². The molecule has 420 valence electrons. The highest BCUT2D eigenvalue weighted by molar-refractivity contribution is 7.00. The lowest BCUT2D eigenvalue weighted by atomic mass is 9.33. The fourth-order valence-electron chi connectivity index (χ4n) is 20.8. The summed E-state index contributed by atoms with van der Waals surface area (Å²) in [6, 6.07) is 50.3. The Morgan fingerprint density at radius 3 is 1.20 bits per heavy atom. The average Bonchev–Trinajstić information content (AvgIpc) is 1.29. The van der Waals surface area contributed by atoms with E-state index in [1.165, 1.54) is 142 Å². The molecule has 0 aromatic heterocycles. The summed E-state index contributed by atoms with van der Waals surface area (Å²) in [5.74, 6) is 0. The average molecular weight is 1080 g/mol. The molecule has 4 heteroatoms. The van der Waals surface area contributed by atoms with Crippen molar-refractivity contribution in [1.82, 2.24) is 0 Å². The molecule has 1 saturated carbocycles. The fraction of sp³-hybridized carbons (Fsp3) is 0.462. The Morgan fingerprint density at radius 2 is 0.732 bits per heavy atom. The van der Waals surface area contributed by atoms with Crippen LogP contribution in [0.25, 0.3) is 11.1 Å². The van der Waals surface area contributed by atoms with Gasteiger partial charge in [-0.05, 0) is 227 Å². The second-order valence-electron chi connectivity index (χ2n) is 33.4. The van der Waals surface area contributed by atoms with Gasteiger partial charge in [0.2, 0.25) is 0 Å². The molecule has 2 unspecified atom stereocenters. The first-order valence-corrected chi connectivity index (χ1v) is 31.8. The van der Waals surface area contributed by atoms with Crippen molar-refractivity contribution in [2.24, 2.45) is 0 Å². The van der Waals surface area contributed by atoms with E-state index in [4.69, 9.17) is 0 Å². The molecular weight excluding hydrogens is 990 g/mol. The van der Waals surface area contributed by atoms with Gasteiger partial charge in [0.15, 0.2) is 0 Å². The van der Waals surface area contributed by atoms with E-state index in [2.05, 4.69) is 261 Å². The standard InChI is InChI=1S/C78H90BN3/c1-69(2)43-71(5,6)54-35-49(27-29-52(54)69)80-64-41-58-56(73(9,10)45-75(58,13)14)39-61(64)79-62-40-57-59(76(15,16)46-74(57,11)12)42-65(62)81(50-28-30-53-55(36-50)72(7,8)44-70(53,3)4)67-38-51(37-66(80)68(67)79)82-63-31-26-48(47-24-20-19-21-25-47)34-60(63)77(17)32-22-23-33-78(77,82)18/h19-21,24-31,34-42H,22-23,32-33,43-46H2,1-18H3. The SMILES string of the molecule is CC1(C)CC(C)(C)c2cc(N3c4cc5c(cc4B4c6cc7c(cc6N(c6ccc8c(c6)C(C)(C)CC8(C)C)c6cc(N8c9ccc(-c%10ccccc%10)cc9C9(C)CCCCC89C)cc3c64)C(C)(C)CC7(C)C)C(C)(C)CC5(C)C)ccc21. The van der Waals surface area contributed by atoms with Gasteiger partial charge in [0.05, 0.1) is 5.54 Å². The van der Waals surface area contributed by atoms with Crippen LogP contribution < -0.4 is 31.1 Å². The van der Waals surface area contributed by atoms with Crippen LogP contribution in [0.1, 0.15) is 226 Å². The number of nitrogens with zero attached hydrogens (tertiary/aromatic N) is 3. The lowest BCUT2D eigenvalue weighted by molar-refractivity contribution is 0.195. The molecule has 0 amide bonds. The minimum absolute atomic E-state index is 0.00982. The molecule has 1 fully saturated rings. The van der Waals surface area contributed by atoms with Crippen LogP contribution in [0.15, 0.2) is 121 Å². The number of rotatable bonds is 4. The number of hydrogen-bond donors (Lipinski definition) is 0. The maximum atomic E-state index is 2.88. The number of anilines is 8. The van der Waals surface area contributed by atoms with Crippen LogP contribution in [0.5, 0.6) is 0 Å². The third-order valence-corrected chi connectivity index (χ3v) is 23.7. The second-order valence-corrected chi connectivity index (χ2v) is 33.4.